The summed E-state index contributed by atoms with van der Waals surface area (Å²) >= 11 is 0. The summed E-state index contributed by atoms with van der Waals surface area (Å²) < 4.78 is 0. The summed E-state index contributed by atoms with van der Waals surface area (Å²) in [6.07, 6.45) is 0.177. The second kappa shape index (κ2) is 6.06. The lowest BCUT2D eigenvalue weighted by atomic mass is 9.83. The molecule has 0 unspecified atom stereocenters. The van der Waals surface area contributed by atoms with Gasteiger partial charge >= 0.3 is 0 Å². The van der Waals surface area contributed by atoms with E-state index in [-0.39, 0.29) is 23.5 Å². The SMILES string of the molecule is Cc1cc(CC(=O)NCCN)c(O)c(C(C)(C)C)c1. The van der Waals surface area contributed by atoms with E-state index in [9.17, 15) is 9.90 Å². The van der Waals surface area contributed by atoms with Crippen LogP contribution in [0.3, 0.4) is 0 Å². The molecule has 0 saturated carbocycles. The van der Waals surface area contributed by atoms with E-state index in [1.54, 1.807) is 0 Å². The monoisotopic (exact) mass is 264 g/mol. The van der Waals surface area contributed by atoms with Crippen molar-refractivity contribution in [3.8, 4) is 5.75 Å². The van der Waals surface area contributed by atoms with E-state index in [1.165, 1.54) is 0 Å². The van der Waals surface area contributed by atoms with Gasteiger partial charge in [0.2, 0.25) is 5.91 Å². The highest BCUT2D eigenvalue weighted by atomic mass is 16.3. The number of nitrogens with two attached hydrogens (primary N) is 1. The second-order valence-electron chi connectivity index (χ2n) is 5.89. The number of nitrogens with one attached hydrogen (secondary N) is 1. The lowest BCUT2D eigenvalue weighted by Gasteiger charge is -2.22. The van der Waals surface area contributed by atoms with Crippen LogP contribution in [0.4, 0.5) is 0 Å². The number of aromatic hydroxyl groups is 1. The van der Waals surface area contributed by atoms with Gasteiger partial charge in [-0.1, -0.05) is 38.5 Å². The molecule has 1 amide bonds. The van der Waals surface area contributed by atoms with E-state index in [0.29, 0.717) is 18.7 Å². The zero-order chi connectivity index (χ0) is 14.6. The summed E-state index contributed by atoms with van der Waals surface area (Å²) in [7, 11) is 0. The van der Waals surface area contributed by atoms with Gasteiger partial charge < -0.3 is 16.2 Å². The molecule has 0 aliphatic heterocycles. The van der Waals surface area contributed by atoms with Crippen molar-refractivity contribution in [3.05, 3.63) is 28.8 Å². The van der Waals surface area contributed by atoms with Crippen LogP contribution < -0.4 is 11.1 Å². The zero-order valence-corrected chi connectivity index (χ0v) is 12.2. The summed E-state index contributed by atoms with van der Waals surface area (Å²) in [6.45, 7) is 8.96. The molecule has 0 saturated heterocycles. The largest absolute Gasteiger partial charge is 0.507 e. The Balaban J connectivity index is 3.02. The minimum atomic E-state index is -0.154. The molecule has 4 nitrogen and oxygen atoms in total. The fourth-order valence-electron chi connectivity index (χ4n) is 2.01. The Bertz CT molecular complexity index is 462. The topological polar surface area (TPSA) is 75.4 Å². The third kappa shape index (κ3) is 4.24. The summed E-state index contributed by atoms with van der Waals surface area (Å²) in [5.74, 6) is 0.104. The number of phenols is 1. The van der Waals surface area contributed by atoms with Crippen LogP contribution >= 0.6 is 0 Å². The van der Waals surface area contributed by atoms with Gasteiger partial charge in [0.1, 0.15) is 5.75 Å². The number of phenolic OH excluding ortho intramolecular Hbond substituents is 1. The molecule has 0 aromatic heterocycles. The Hall–Kier alpha value is -1.55. The maximum atomic E-state index is 11.7. The molecule has 1 aromatic carbocycles. The molecule has 0 bridgehead atoms. The van der Waals surface area contributed by atoms with Crippen molar-refractivity contribution in [3.63, 3.8) is 0 Å². The van der Waals surface area contributed by atoms with Crippen LogP contribution in [-0.4, -0.2) is 24.1 Å². The standard InChI is InChI=1S/C15H24N2O2/c1-10-7-11(9-13(18)17-6-5-16)14(19)12(8-10)15(2,3)4/h7-8,19H,5-6,9,16H2,1-4H3,(H,17,18). The number of amides is 1. The maximum absolute atomic E-state index is 11.7. The summed E-state index contributed by atoms with van der Waals surface area (Å²) in [4.78, 5) is 11.7. The van der Waals surface area contributed by atoms with Gasteiger partial charge in [-0.15, -0.1) is 0 Å². The van der Waals surface area contributed by atoms with Crippen LogP contribution in [0.5, 0.6) is 5.75 Å². The first-order chi connectivity index (χ1) is 8.75. The van der Waals surface area contributed by atoms with Gasteiger partial charge in [0.25, 0.3) is 0 Å². The normalized spacial score (nSPS) is 11.4. The van der Waals surface area contributed by atoms with Crippen molar-refractivity contribution in [2.24, 2.45) is 5.73 Å². The quantitative estimate of drug-likeness (QED) is 0.773. The number of aryl methyl sites for hydroxylation is 1. The van der Waals surface area contributed by atoms with Gasteiger partial charge in [0, 0.05) is 18.7 Å². The first kappa shape index (κ1) is 15.5. The van der Waals surface area contributed by atoms with Crippen molar-refractivity contribution < 1.29 is 9.90 Å². The number of carbonyl (C=O) groups is 1. The summed E-state index contributed by atoms with van der Waals surface area (Å²) in [5.41, 5.74) is 7.77. The molecule has 106 valence electrons. The third-order valence-electron chi connectivity index (χ3n) is 2.96. The molecular weight excluding hydrogens is 240 g/mol. The molecule has 0 fully saturated rings. The van der Waals surface area contributed by atoms with Crippen molar-refractivity contribution in [2.45, 2.75) is 39.5 Å². The van der Waals surface area contributed by atoms with Gasteiger partial charge in [-0.2, -0.15) is 0 Å². The number of carbonyl (C=O) groups excluding carboxylic acids is 1. The van der Waals surface area contributed by atoms with Crippen LogP contribution in [0.2, 0.25) is 0 Å². The minimum Gasteiger partial charge on any atom is -0.507 e. The average molecular weight is 264 g/mol. The molecule has 0 aliphatic carbocycles. The molecule has 4 N–H and O–H groups in total. The third-order valence-corrected chi connectivity index (χ3v) is 2.96. The number of hydrogen-bond acceptors (Lipinski definition) is 3. The Morgan fingerprint density at radius 2 is 2.00 bits per heavy atom. The van der Waals surface area contributed by atoms with Crippen molar-refractivity contribution in [1.82, 2.24) is 5.32 Å². The number of benzene rings is 1. The number of rotatable bonds is 4. The first-order valence-corrected chi connectivity index (χ1v) is 6.55. The predicted molar refractivity (Wildman–Crippen MR) is 77.3 cm³/mol. The molecule has 1 aromatic rings. The minimum absolute atomic E-state index is 0.119. The molecule has 0 spiro atoms. The van der Waals surface area contributed by atoms with E-state index in [0.717, 1.165) is 11.1 Å². The van der Waals surface area contributed by atoms with Crippen LogP contribution in [-0.2, 0) is 16.6 Å². The molecule has 1 rings (SSSR count). The van der Waals surface area contributed by atoms with Crippen LogP contribution in [0.15, 0.2) is 12.1 Å². The average Bonchev–Trinajstić information content (AvgIpc) is 2.29. The summed E-state index contributed by atoms with van der Waals surface area (Å²) in [5, 5.41) is 13.0. The molecular formula is C15H24N2O2. The molecule has 0 atom stereocenters. The predicted octanol–water partition coefficient (Wildman–Crippen LogP) is 1.62. The van der Waals surface area contributed by atoms with E-state index in [4.69, 9.17) is 5.73 Å². The van der Waals surface area contributed by atoms with Gasteiger partial charge in [0.15, 0.2) is 0 Å². The Morgan fingerprint density at radius 1 is 1.37 bits per heavy atom. The maximum Gasteiger partial charge on any atom is 0.224 e. The fourth-order valence-corrected chi connectivity index (χ4v) is 2.01. The highest BCUT2D eigenvalue weighted by Crippen LogP contribution is 2.34. The lowest BCUT2D eigenvalue weighted by molar-refractivity contribution is -0.120. The molecule has 0 heterocycles. The summed E-state index contributed by atoms with van der Waals surface area (Å²) in [6, 6.07) is 3.82. The van der Waals surface area contributed by atoms with E-state index < -0.39 is 0 Å². The van der Waals surface area contributed by atoms with E-state index in [1.807, 2.05) is 39.8 Å². The fraction of sp³-hybridized carbons (Fsp3) is 0.533. The highest BCUT2D eigenvalue weighted by Gasteiger charge is 2.21. The number of hydrogen-bond donors (Lipinski definition) is 3. The Kier molecular flexibility index (Phi) is 4.95. The molecule has 4 heteroatoms. The van der Waals surface area contributed by atoms with Gasteiger partial charge in [-0.25, -0.2) is 0 Å². The second-order valence-corrected chi connectivity index (χ2v) is 5.89. The van der Waals surface area contributed by atoms with Gasteiger partial charge in [-0.3, -0.25) is 4.79 Å². The molecule has 19 heavy (non-hydrogen) atoms. The highest BCUT2D eigenvalue weighted by molar-refractivity contribution is 5.79. The smallest absolute Gasteiger partial charge is 0.224 e. The van der Waals surface area contributed by atoms with Crippen molar-refractivity contribution >= 4 is 5.91 Å². The zero-order valence-electron chi connectivity index (χ0n) is 12.2. The van der Waals surface area contributed by atoms with Gasteiger partial charge in [0.05, 0.1) is 6.42 Å². The first-order valence-electron chi connectivity index (χ1n) is 6.55. The lowest BCUT2D eigenvalue weighted by Crippen LogP contribution is -2.30. The van der Waals surface area contributed by atoms with E-state index in [2.05, 4.69) is 5.32 Å². The van der Waals surface area contributed by atoms with Gasteiger partial charge in [-0.05, 0) is 17.9 Å². The molecule has 0 aliphatic rings. The Morgan fingerprint density at radius 3 is 2.53 bits per heavy atom. The van der Waals surface area contributed by atoms with Crippen LogP contribution in [0.25, 0.3) is 0 Å². The Labute approximate surface area is 115 Å². The van der Waals surface area contributed by atoms with Crippen LogP contribution in [0.1, 0.15) is 37.5 Å². The van der Waals surface area contributed by atoms with Crippen LogP contribution in [0, 0.1) is 6.92 Å². The van der Waals surface area contributed by atoms with E-state index >= 15 is 0 Å². The van der Waals surface area contributed by atoms with Crippen molar-refractivity contribution in [1.29, 1.82) is 0 Å². The molecule has 0 radical (unpaired) electrons. The van der Waals surface area contributed by atoms with Crippen molar-refractivity contribution in [2.75, 3.05) is 13.1 Å².